The van der Waals surface area contributed by atoms with Crippen LogP contribution in [0.3, 0.4) is 0 Å². The number of hydrogen-bond acceptors (Lipinski definition) is 2. The summed E-state index contributed by atoms with van der Waals surface area (Å²) in [5.41, 5.74) is 2.01. The van der Waals surface area contributed by atoms with Crippen LogP contribution in [0.4, 0.5) is 14.9 Å². The molecule has 0 spiro atoms. The van der Waals surface area contributed by atoms with Crippen molar-refractivity contribution in [3.05, 3.63) is 66.0 Å². The number of piperidine rings is 1. The highest BCUT2D eigenvalue weighted by atomic mass is 19.1. The molecule has 0 bridgehead atoms. The Bertz CT molecular complexity index is 848. The highest BCUT2D eigenvalue weighted by Crippen LogP contribution is 2.24. The lowest BCUT2D eigenvalue weighted by molar-refractivity contribution is -0.117. The number of anilines is 1. The van der Waals surface area contributed by atoms with E-state index in [0.717, 1.165) is 32.4 Å². The van der Waals surface area contributed by atoms with E-state index < -0.39 is 0 Å². The minimum atomic E-state index is -0.332. The molecule has 0 radical (unpaired) electrons. The van der Waals surface area contributed by atoms with E-state index in [1.807, 2.05) is 11.0 Å². The number of benzene rings is 2. The molecular weight excluding hydrogens is 369 g/mol. The van der Waals surface area contributed by atoms with Crippen LogP contribution < -0.4 is 10.2 Å². The Morgan fingerprint density at radius 2 is 1.72 bits per heavy atom. The van der Waals surface area contributed by atoms with Crippen LogP contribution >= 0.6 is 0 Å². The molecular formula is C23H26FN3O2. The number of hydrogen-bond donors (Lipinski definition) is 1. The Hall–Kier alpha value is -2.89. The van der Waals surface area contributed by atoms with Crippen LogP contribution in [0.15, 0.2) is 54.6 Å². The Morgan fingerprint density at radius 1 is 1.03 bits per heavy atom. The zero-order valence-electron chi connectivity index (χ0n) is 16.4. The quantitative estimate of drug-likeness (QED) is 0.860. The van der Waals surface area contributed by atoms with Crippen molar-refractivity contribution in [1.82, 2.24) is 10.2 Å². The summed E-state index contributed by atoms with van der Waals surface area (Å²) in [7, 11) is 0. The molecule has 4 rings (SSSR count). The van der Waals surface area contributed by atoms with Gasteiger partial charge in [-0.05, 0) is 55.0 Å². The van der Waals surface area contributed by atoms with Crippen molar-refractivity contribution >= 4 is 17.6 Å². The summed E-state index contributed by atoms with van der Waals surface area (Å²) in [5.74, 6) is 0.216. The monoisotopic (exact) mass is 395 g/mol. The number of nitrogens with one attached hydrogen (secondary N) is 1. The molecule has 29 heavy (non-hydrogen) atoms. The Labute approximate surface area is 170 Å². The fourth-order valence-corrected chi connectivity index (χ4v) is 4.23. The molecule has 0 unspecified atom stereocenters. The average Bonchev–Trinajstić information content (AvgIpc) is 3.10. The van der Waals surface area contributed by atoms with E-state index in [1.165, 1.54) is 17.7 Å². The van der Waals surface area contributed by atoms with Crippen molar-refractivity contribution < 1.29 is 14.0 Å². The molecule has 2 heterocycles. The highest BCUT2D eigenvalue weighted by Gasteiger charge is 2.33. The third-order valence-electron chi connectivity index (χ3n) is 5.86. The number of halogens is 1. The molecule has 2 fully saturated rings. The molecule has 2 aliphatic heterocycles. The van der Waals surface area contributed by atoms with Crippen molar-refractivity contribution in [3.8, 4) is 0 Å². The summed E-state index contributed by atoms with van der Waals surface area (Å²) in [4.78, 5) is 28.4. The minimum Gasteiger partial charge on any atom is -0.333 e. The van der Waals surface area contributed by atoms with Gasteiger partial charge in [0.2, 0.25) is 5.91 Å². The molecule has 2 saturated heterocycles. The van der Waals surface area contributed by atoms with E-state index in [2.05, 4.69) is 29.6 Å². The Balaban J connectivity index is 1.26. The maximum atomic E-state index is 13.1. The first kappa shape index (κ1) is 19.4. The van der Waals surface area contributed by atoms with Gasteiger partial charge in [-0.1, -0.05) is 30.3 Å². The molecule has 0 aliphatic carbocycles. The first-order valence-electron chi connectivity index (χ1n) is 10.2. The van der Waals surface area contributed by atoms with Gasteiger partial charge in [0.15, 0.2) is 0 Å². The Morgan fingerprint density at radius 3 is 2.41 bits per heavy atom. The zero-order chi connectivity index (χ0) is 20.2. The Kier molecular flexibility index (Phi) is 5.79. The van der Waals surface area contributed by atoms with Gasteiger partial charge in [0.05, 0.1) is 6.04 Å². The molecule has 1 N–H and O–H groups in total. The lowest BCUT2D eigenvalue weighted by atomic mass is 9.90. The van der Waals surface area contributed by atoms with Gasteiger partial charge >= 0.3 is 6.03 Å². The molecule has 0 saturated carbocycles. The smallest absolute Gasteiger partial charge is 0.317 e. The van der Waals surface area contributed by atoms with Gasteiger partial charge in [-0.3, -0.25) is 4.79 Å². The number of carbonyl (C=O) groups excluding carboxylic acids is 2. The van der Waals surface area contributed by atoms with E-state index >= 15 is 0 Å². The fourth-order valence-electron chi connectivity index (χ4n) is 4.23. The normalized spacial score (nSPS) is 20.2. The highest BCUT2D eigenvalue weighted by molar-refractivity contribution is 5.96. The zero-order valence-corrected chi connectivity index (χ0v) is 16.4. The van der Waals surface area contributed by atoms with Crippen LogP contribution in [-0.2, 0) is 11.2 Å². The van der Waals surface area contributed by atoms with Crippen molar-refractivity contribution in [2.75, 3.05) is 24.5 Å². The van der Waals surface area contributed by atoms with E-state index in [0.29, 0.717) is 18.2 Å². The van der Waals surface area contributed by atoms with Gasteiger partial charge in [-0.2, -0.15) is 0 Å². The van der Waals surface area contributed by atoms with Crippen molar-refractivity contribution in [1.29, 1.82) is 0 Å². The third kappa shape index (κ3) is 4.75. The molecule has 1 atom stereocenters. The minimum absolute atomic E-state index is 0.0523. The predicted octanol–water partition coefficient (Wildman–Crippen LogP) is 3.60. The summed E-state index contributed by atoms with van der Waals surface area (Å²) in [6.07, 6.45) is 3.31. The van der Waals surface area contributed by atoms with Crippen molar-refractivity contribution in [2.24, 2.45) is 5.92 Å². The summed E-state index contributed by atoms with van der Waals surface area (Å²) in [6, 6.07) is 16.0. The number of nitrogens with zero attached hydrogens (tertiary/aromatic N) is 2. The average molecular weight is 395 g/mol. The maximum Gasteiger partial charge on any atom is 0.317 e. The molecule has 152 valence electrons. The lowest BCUT2D eigenvalue weighted by Gasteiger charge is -2.33. The van der Waals surface area contributed by atoms with E-state index in [-0.39, 0.29) is 30.2 Å². The van der Waals surface area contributed by atoms with Crippen LogP contribution in [0.5, 0.6) is 0 Å². The number of carbonyl (C=O) groups is 2. The maximum absolute atomic E-state index is 13.1. The van der Waals surface area contributed by atoms with Gasteiger partial charge in [0.25, 0.3) is 0 Å². The molecule has 0 aromatic heterocycles. The molecule has 2 aromatic rings. The van der Waals surface area contributed by atoms with Gasteiger partial charge in [0, 0.05) is 31.7 Å². The van der Waals surface area contributed by atoms with Gasteiger partial charge in [0.1, 0.15) is 5.82 Å². The molecule has 2 aromatic carbocycles. The number of amides is 3. The second-order valence-electron chi connectivity index (χ2n) is 7.95. The summed E-state index contributed by atoms with van der Waals surface area (Å²) >= 11 is 0. The van der Waals surface area contributed by atoms with Gasteiger partial charge in [-0.25, -0.2) is 9.18 Å². The van der Waals surface area contributed by atoms with Crippen LogP contribution in [0, 0.1) is 11.7 Å². The van der Waals surface area contributed by atoms with Crippen LogP contribution in [-0.4, -0.2) is 42.5 Å². The molecule has 2 aliphatic rings. The largest absolute Gasteiger partial charge is 0.333 e. The van der Waals surface area contributed by atoms with Gasteiger partial charge < -0.3 is 15.1 Å². The van der Waals surface area contributed by atoms with Crippen LogP contribution in [0.2, 0.25) is 0 Å². The molecule has 6 heteroatoms. The second kappa shape index (κ2) is 8.64. The van der Waals surface area contributed by atoms with Crippen molar-refractivity contribution in [2.45, 2.75) is 31.7 Å². The SMILES string of the molecule is O=C(N[C@H]1CC(=O)N(c2ccc(F)cc2)C1)N1CCC(Cc2ccccc2)CC1. The molecule has 5 nitrogen and oxygen atoms in total. The predicted molar refractivity (Wildman–Crippen MR) is 110 cm³/mol. The van der Waals surface area contributed by atoms with Crippen LogP contribution in [0.25, 0.3) is 0 Å². The van der Waals surface area contributed by atoms with Gasteiger partial charge in [-0.15, -0.1) is 0 Å². The van der Waals surface area contributed by atoms with E-state index in [9.17, 15) is 14.0 Å². The third-order valence-corrected chi connectivity index (χ3v) is 5.86. The van der Waals surface area contributed by atoms with E-state index in [4.69, 9.17) is 0 Å². The second-order valence-corrected chi connectivity index (χ2v) is 7.95. The lowest BCUT2D eigenvalue weighted by Crippen LogP contribution is -2.48. The fraction of sp³-hybridized carbons (Fsp3) is 0.391. The summed E-state index contributed by atoms with van der Waals surface area (Å²) in [5, 5.41) is 3.01. The van der Waals surface area contributed by atoms with Crippen molar-refractivity contribution in [3.63, 3.8) is 0 Å². The molecule has 3 amide bonds. The van der Waals surface area contributed by atoms with Crippen LogP contribution in [0.1, 0.15) is 24.8 Å². The summed E-state index contributed by atoms with van der Waals surface area (Å²) < 4.78 is 13.1. The number of urea groups is 1. The summed E-state index contributed by atoms with van der Waals surface area (Å²) in [6.45, 7) is 1.90. The topological polar surface area (TPSA) is 52.7 Å². The standard InChI is InChI=1S/C23H26FN3O2/c24-19-6-8-21(9-7-19)27-16-20(15-22(27)28)25-23(29)26-12-10-18(11-13-26)14-17-4-2-1-3-5-17/h1-9,18,20H,10-16H2,(H,25,29)/t20-/m0/s1. The number of rotatable bonds is 4. The van der Waals surface area contributed by atoms with E-state index in [1.54, 1.807) is 17.0 Å². The number of likely N-dealkylation sites (tertiary alicyclic amines) is 1. The first-order chi connectivity index (χ1) is 14.1. The first-order valence-corrected chi connectivity index (χ1v) is 10.2.